The summed E-state index contributed by atoms with van der Waals surface area (Å²) in [6, 6.07) is 9.47. The lowest BCUT2D eigenvalue weighted by Gasteiger charge is -2.33. The number of amides is 1. The summed E-state index contributed by atoms with van der Waals surface area (Å²) in [6.07, 6.45) is 0.476. The lowest BCUT2D eigenvalue weighted by atomic mass is 9.95. The number of benzene rings is 1. The lowest BCUT2D eigenvalue weighted by Crippen LogP contribution is -2.47. The van der Waals surface area contributed by atoms with Crippen LogP contribution in [0.15, 0.2) is 30.3 Å². The number of carbonyl (C=O) groups excluding carboxylic acids is 1. The van der Waals surface area contributed by atoms with Crippen molar-refractivity contribution in [1.82, 2.24) is 9.80 Å². The molecule has 21 heavy (non-hydrogen) atoms. The van der Waals surface area contributed by atoms with Crippen molar-refractivity contribution < 1.29 is 14.7 Å². The number of carboxylic acids is 1. The molecule has 1 aromatic rings. The van der Waals surface area contributed by atoms with E-state index < -0.39 is 11.9 Å². The van der Waals surface area contributed by atoms with E-state index in [1.807, 2.05) is 37.4 Å². The molecule has 1 fully saturated rings. The number of carbonyl (C=O) groups is 2. The Balaban J connectivity index is 1.93. The summed E-state index contributed by atoms with van der Waals surface area (Å²) < 4.78 is 0. The van der Waals surface area contributed by atoms with E-state index in [1.165, 1.54) is 0 Å². The van der Waals surface area contributed by atoms with Gasteiger partial charge in [-0.05, 0) is 19.0 Å². The molecule has 0 bridgehead atoms. The molecule has 0 radical (unpaired) electrons. The van der Waals surface area contributed by atoms with Crippen LogP contribution in [-0.4, -0.2) is 60.0 Å². The standard InChI is InChI=1S/C16H22N2O3/c1-17-7-9-18(10-8-17)15(19)12-14(16(20)21)11-13-5-3-2-4-6-13/h2-6,14H,7-12H2,1H3,(H,20,21)/t14-/m1/s1. The van der Waals surface area contributed by atoms with Crippen LogP contribution in [0.5, 0.6) is 0 Å². The predicted octanol–water partition coefficient (Wildman–Crippen LogP) is 1.09. The van der Waals surface area contributed by atoms with E-state index >= 15 is 0 Å². The van der Waals surface area contributed by atoms with Crippen LogP contribution in [0.1, 0.15) is 12.0 Å². The Morgan fingerprint density at radius 3 is 2.33 bits per heavy atom. The maximum Gasteiger partial charge on any atom is 0.307 e. The molecule has 1 heterocycles. The highest BCUT2D eigenvalue weighted by atomic mass is 16.4. The van der Waals surface area contributed by atoms with Crippen LogP contribution in [0.3, 0.4) is 0 Å². The first kappa shape index (κ1) is 15.5. The molecule has 1 aliphatic rings. The molecule has 1 atom stereocenters. The minimum Gasteiger partial charge on any atom is -0.481 e. The van der Waals surface area contributed by atoms with Gasteiger partial charge in [0, 0.05) is 32.6 Å². The Morgan fingerprint density at radius 2 is 1.76 bits per heavy atom. The summed E-state index contributed by atoms with van der Waals surface area (Å²) in [7, 11) is 2.03. The van der Waals surface area contributed by atoms with Crippen LogP contribution >= 0.6 is 0 Å². The average Bonchev–Trinajstić information content (AvgIpc) is 2.48. The fourth-order valence-corrected chi connectivity index (χ4v) is 2.54. The molecule has 5 heteroatoms. The van der Waals surface area contributed by atoms with Crippen molar-refractivity contribution in [3.8, 4) is 0 Å². The molecule has 0 aliphatic carbocycles. The van der Waals surface area contributed by atoms with Crippen molar-refractivity contribution in [3.63, 3.8) is 0 Å². The fraction of sp³-hybridized carbons (Fsp3) is 0.500. The van der Waals surface area contributed by atoms with E-state index in [0.29, 0.717) is 19.5 Å². The Hall–Kier alpha value is -1.88. The number of carboxylic acid groups (broad SMARTS) is 1. The minimum atomic E-state index is -0.902. The summed E-state index contributed by atoms with van der Waals surface area (Å²) in [6.45, 7) is 3.07. The van der Waals surface area contributed by atoms with Gasteiger partial charge in [-0.3, -0.25) is 9.59 Å². The highest BCUT2D eigenvalue weighted by Gasteiger charge is 2.26. The van der Waals surface area contributed by atoms with Gasteiger partial charge >= 0.3 is 5.97 Å². The molecular weight excluding hydrogens is 268 g/mol. The van der Waals surface area contributed by atoms with E-state index in [1.54, 1.807) is 4.90 Å². The van der Waals surface area contributed by atoms with Crippen molar-refractivity contribution in [1.29, 1.82) is 0 Å². The second kappa shape index (κ2) is 7.22. The van der Waals surface area contributed by atoms with Crippen molar-refractivity contribution in [3.05, 3.63) is 35.9 Å². The molecular formula is C16H22N2O3. The number of nitrogens with zero attached hydrogens (tertiary/aromatic N) is 2. The van der Waals surface area contributed by atoms with Crippen molar-refractivity contribution in [2.24, 2.45) is 5.92 Å². The van der Waals surface area contributed by atoms with Crippen LogP contribution in [0.2, 0.25) is 0 Å². The molecule has 1 amide bonds. The summed E-state index contributed by atoms with van der Waals surface area (Å²) >= 11 is 0. The van der Waals surface area contributed by atoms with Crippen molar-refractivity contribution in [2.75, 3.05) is 33.2 Å². The Kier molecular flexibility index (Phi) is 5.33. The van der Waals surface area contributed by atoms with Crippen LogP contribution in [0.4, 0.5) is 0 Å². The zero-order valence-corrected chi connectivity index (χ0v) is 12.4. The largest absolute Gasteiger partial charge is 0.481 e. The third kappa shape index (κ3) is 4.56. The molecule has 1 aromatic carbocycles. The molecule has 0 aromatic heterocycles. The maximum absolute atomic E-state index is 12.3. The first-order chi connectivity index (χ1) is 10.1. The smallest absolute Gasteiger partial charge is 0.307 e. The third-order valence-corrected chi connectivity index (χ3v) is 3.95. The maximum atomic E-state index is 12.3. The summed E-state index contributed by atoms with van der Waals surface area (Å²) in [5.41, 5.74) is 0.955. The molecule has 0 unspecified atom stereocenters. The SMILES string of the molecule is CN1CCN(C(=O)C[C@@H](Cc2ccccc2)C(=O)O)CC1. The topological polar surface area (TPSA) is 60.9 Å². The van der Waals surface area contributed by atoms with E-state index in [0.717, 1.165) is 18.7 Å². The zero-order valence-electron chi connectivity index (χ0n) is 12.4. The van der Waals surface area contributed by atoms with Gasteiger partial charge in [-0.15, -0.1) is 0 Å². The van der Waals surface area contributed by atoms with Crippen LogP contribution in [0.25, 0.3) is 0 Å². The van der Waals surface area contributed by atoms with Gasteiger partial charge in [0.05, 0.1) is 5.92 Å². The normalized spacial score (nSPS) is 17.5. The van der Waals surface area contributed by atoms with Gasteiger partial charge in [-0.1, -0.05) is 30.3 Å². The summed E-state index contributed by atoms with van der Waals surface area (Å²) in [5.74, 6) is -1.60. The van der Waals surface area contributed by atoms with Crippen LogP contribution < -0.4 is 0 Å². The number of likely N-dealkylation sites (N-methyl/N-ethyl adjacent to an activating group) is 1. The molecule has 1 aliphatic heterocycles. The zero-order chi connectivity index (χ0) is 15.2. The predicted molar refractivity (Wildman–Crippen MR) is 80.0 cm³/mol. The van der Waals surface area contributed by atoms with E-state index in [2.05, 4.69) is 4.90 Å². The van der Waals surface area contributed by atoms with Crippen molar-refractivity contribution >= 4 is 11.9 Å². The molecule has 0 spiro atoms. The number of piperazine rings is 1. The Bertz CT molecular complexity index is 482. The van der Waals surface area contributed by atoms with Gasteiger partial charge in [-0.25, -0.2) is 0 Å². The molecule has 1 N–H and O–H groups in total. The minimum absolute atomic E-state index is 0.0496. The van der Waals surface area contributed by atoms with E-state index in [4.69, 9.17) is 0 Å². The molecule has 0 saturated carbocycles. The van der Waals surface area contributed by atoms with Gasteiger partial charge < -0.3 is 14.9 Å². The van der Waals surface area contributed by atoms with Gasteiger partial charge in [0.2, 0.25) is 5.91 Å². The van der Waals surface area contributed by atoms with Gasteiger partial charge in [0.15, 0.2) is 0 Å². The first-order valence-corrected chi connectivity index (χ1v) is 7.29. The quantitative estimate of drug-likeness (QED) is 0.882. The summed E-state index contributed by atoms with van der Waals surface area (Å²) in [4.78, 5) is 27.6. The third-order valence-electron chi connectivity index (χ3n) is 3.95. The summed E-state index contributed by atoms with van der Waals surface area (Å²) in [5, 5.41) is 9.34. The second-order valence-electron chi connectivity index (χ2n) is 5.61. The fourth-order valence-electron chi connectivity index (χ4n) is 2.54. The first-order valence-electron chi connectivity index (χ1n) is 7.29. The average molecular weight is 290 g/mol. The highest BCUT2D eigenvalue weighted by Crippen LogP contribution is 2.15. The number of hydrogen-bond donors (Lipinski definition) is 1. The monoisotopic (exact) mass is 290 g/mol. The molecule has 2 rings (SSSR count). The lowest BCUT2D eigenvalue weighted by molar-refractivity contribution is -0.146. The van der Waals surface area contributed by atoms with E-state index in [9.17, 15) is 14.7 Å². The molecule has 114 valence electrons. The van der Waals surface area contributed by atoms with Gasteiger partial charge in [-0.2, -0.15) is 0 Å². The Morgan fingerprint density at radius 1 is 1.14 bits per heavy atom. The highest BCUT2D eigenvalue weighted by molar-refractivity contribution is 5.82. The molecule has 1 saturated heterocycles. The van der Waals surface area contributed by atoms with Crippen LogP contribution in [-0.2, 0) is 16.0 Å². The second-order valence-corrected chi connectivity index (χ2v) is 5.61. The number of hydrogen-bond acceptors (Lipinski definition) is 3. The molecule has 5 nitrogen and oxygen atoms in total. The Labute approximate surface area is 125 Å². The van der Waals surface area contributed by atoms with Gasteiger partial charge in [0.1, 0.15) is 0 Å². The van der Waals surface area contributed by atoms with E-state index in [-0.39, 0.29) is 12.3 Å². The number of rotatable bonds is 5. The van der Waals surface area contributed by atoms with Crippen LogP contribution in [0, 0.1) is 5.92 Å². The number of aliphatic carboxylic acids is 1. The van der Waals surface area contributed by atoms with Gasteiger partial charge in [0.25, 0.3) is 0 Å². The van der Waals surface area contributed by atoms with Crippen molar-refractivity contribution in [2.45, 2.75) is 12.8 Å².